The number of rotatable bonds is 4. The van der Waals surface area contributed by atoms with Crippen LogP contribution in [0.25, 0.3) is 0 Å². The molecule has 1 N–H and O–H groups in total. The largest absolute Gasteiger partial charge is 0.454 e. The second-order valence-corrected chi connectivity index (χ2v) is 3.63. The highest BCUT2D eigenvalue weighted by atomic mass is 16.7. The Hall–Kier alpha value is -2.28. The van der Waals surface area contributed by atoms with E-state index >= 15 is 0 Å². The van der Waals surface area contributed by atoms with E-state index < -0.39 is 0 Å². The maximum absolute atomic E-state index is 5.32. The van der Waals surface area contributed by atoms with Gasteiger partial charge >= 0.3 is 6.01 Å². The van der Waals surface area contributed by atoms with Crippen LogP contribution in [-0.4, -0.2) is 24.1 Å². The summed E-state index contributed by atoms with van der Waals surface area (Å²) in [5.41, 5.74) is 0.784. The monoisotopic (exact) mass is 249 g/mol. The molecule has 2 aromatic rings. The number of hydrogen-bond acceptors (Lipinski definition) is 7. The summed E-state index contributed by atoms with van der Waals surface area (Å²) in [5, 5.41) is 10.6. The Balaban J connectivity index is 1.75. The number of aromatic nitrogens is 2. The van der Waals surface area contributed by atoms with Crippen LogP contribution in [-0.2, 0) is 11.3 Å². The van der Waals surface area contributed by atoms with Gasteiger partial charge in [-0.15, -0.1) is 5.10 Å². The highest BCUT2D eigenvalue weighted by molar-refractivity contribution is 5.59. The SMILES string of the molecule is COCc1nnc(Nc2ccc3c(c2)OCO3)o1. The molecule has 7 heteroatoms. The topological polar surface area (TPSA) is 78.6 Å². The summed E-state index contributed by atoms with van der Waals surface area (Å²) < 4.78 is 20.7. The van der Waals surface area contributed by atoms with Crippen LogP contribution in [0.15, 0.2) is 22.6 Å². The smallest absolute Gasteiger partial charge is 0.320 e. The van der Waals surface area contributed by atoms with Crippen molar-refractivity contribution >= 4 is 11.7 Å². The van der Waals surface area contributed by atoms with Gasteiger partial charge in [0.1, 0.15) is 6.61 Å². The Kier molecular flexibility index (Phi) is 2.73. The molecule has 7 nitrogen and oxygen atoms in total. The van der Waals surface area contributed by atoms with Crippen molar-refractivity contribution in [2.45, 2.75) is 6.61 Å². The van der Waals surface area contributed by atoms with Gasteiger partial charge in [0.2, 0.25) is 12.7 Å². The average molecular weight is 249 g/mol. The lowest BCUT2D eigenvalue weighted by Gasteiger charge is -2.02. The summed E-state index contributed by atoms with van der Waals surface area (Å²) in [6.45, 7) is 0.535. The number of anilines is 2. The first-order valence-electron chi connectivity index (χ1n) is 5.33. The molecule has 0 spiro atoms. The summed E-state index contributed by atoms with van der Waals surface area (Å²) in [6.07, 6.45) is 0. The molecule has 0 radical (unpaired) electrons. The summed E-state index contributed by atoms with van der Waals surface area (Å²) in [6, 6.07) is 5.77. The zero-order valence-electron chi connectivity index (χ0n) is 9.67. The van der Waals surface area contributed by atoms with Gasteiger partial charge in [0.25, 0.3) is 0 Å². The van der Waals surface area contributed by atoms with Crippen LogP contribution in [0.1, 0.15) is 5.89 Å². The van der Waals surface area contributed by atoms with E-state index in [0.29, 0.717) is 17.7 Å². The quantitative estimate of drug-likeness (QED) is 0.883. The predicted molar refractivity (Wildman–Crippen MR) is 60.9 cm³/mol. The number of fused-ring (bicyclic) bond motifs is 1. The third kappa shape index (κ3) is 2.07. The minimum absolute atomic E-state index is 0.247. The molecule has 0 amide bonds. The van der Waals surface area contributed by atoms with Gasteiger partial charge < -0.3 is 23.9 Å². The van der Waals surface area contributed by atoms with Crippen molar-refractivity contribution in [2.75, 3.05) is 19.2 Å². The standard InChI is InChI=1S/C11H11N3O4/c1-15-5-10-13-14-11(18-10)12-7-2-3-8-9(4-7)17-6-16-8/h2-4H,5-6H2,1H3,(H,12,14). The Labute approximate surface area is 103 Å². The Morgan fingerprint density at radius 2 is 2.17 bits per heavy atom. The van der Waals surface area contributed by atoms with Crippen molar-refractivity contribution in [3.8, 4) is 11.5 Å². The predicted octanol–water partition coefficient (Wildman–Crippen LogP) is 1.69. The Bertz CT molecular complexity index is 555. The van der Waals surface area contributed by atoms with E-state index in [1.54, 1.807) is 7.11 Å². The third-order valence-corrected chi connectivity index (χ3v) is 2.36. The van der Waals surface area contributed by atoms with E-state index in [4.69, 9.17) is 18.6 Å². The fraction of sp³-hybridized carbons (Fsp3) is 0.273. The number of nitrogens with zero attached hydrogens (tertiary/aromatic N) is 2. The molecule has 1 aliphatic heterocycles. The maximum atomic E-state index is 5.32. The number of benzene rings is 1. The first-order valence-corrected chi connectivity index (χ1v) is 5.33. The molecule has 0 aliphatic carbocycles. The molecule has 18 heavy (non-hydrogen) atoms. The van der Waals surface area contributed by atoms with Gasteiger partial charge in [-0.2, -0.15) is 0 Å². The molecule has 3 rings (SSSR count). The van der Waals surface area contributed by atoms with Crippen molar-refractivity contribution < 1.29 is 18.6 Å². The summed E-state index contributed by atoms with van der Waals surface area (Å²) in [5.74, 6) is 1.84. The van der Waals surface area contributed by atoms with E-state index in [1.807, 2.05) is 18.2 Å². The second-order valence-electron chi connectivity index (χ2n) is 3.63. The van der Waals surface area contributed by atoms with E-state index in [1.165, 1.54) is 0 Å². The Morgan fingerprint density at radius 3 is 3.06 bits per heavy atom. The molecule has 0 saturated carbocycles. The number of methoxy groups -OCH3 is 1. The van der Waals surface area contributed by atoms with Crippen molar-refractivity contribution in [3.05, 3.63) is 24.1 Å². The van der Waals surface area contributed by atoms with Gasteiger partial charge in [-0.25, -0.2) is 0 Å². The minimum Gasteiger partial charge on any atom is -0.454 e. The average Bonchev–Trinajstić information content (AvgIpc) is 2.98. The third-order valence-electron chi connectivity index (χ3n) is 2.36. The van der Waals surface area contributed by atoms with Crippen LogP contribution in [0.4, 0.5) is 11.7 Å². The zero-order chi connectivity index (χ0) is 12.4. The summed E-state index contributed by atoms with van der Waals surface area (Å²) >= 11 is 0. The van der Waals surface area contributed by atoms with Gasteiger partial charge in [-0.1, -0.05) is 5.10 Å². The summed E-state index contributed by atoms with van der Waals surface area (Å²) in [4.78, 5) is 0. The fourth-order valence-corrected chi connectivity index (χ4v) is 1.58. The van der Waals surface area contributed by atoms with Crippen molar-refractivity contribution in [3.63, 3.8) is 0 Å². The Morgan fingerprint density at radius 1 is 1.28 bits per heavy atom. The van der Waals surface area contributed by atoms with Crippen LogP contribution in [0.3, 0.4) is 0 Å². The van der Waals surface area contributed by atoms with E-state index in [0.717, 1.165) is 11.4 Å². The van der Waals surface area contributed by atoms with Gasteiger partial charge in [-0.3, -0.25) is 0 Å². The molecule has 0 bridgehead atoms. The molecule has 1 aliphatic rings. The van der Waals surface area contributed by atoms with Gasteiger partial charge in [0.05, 0.1) is 0 Å². The molecule has 2 heterocycles. The molecular weight excluding hydrogens is 238 g/mol. The van der Waals surface area contributed by atoms with Crippen LogP contribution in [0.5, 0.6) is 11.5 Å². The first-order chi connectivity index (χ1) is 8.85. The van der Waals surface area contributed by atoms with Crippen LogP contribution in [0, 0.1) is 0 Å². The van der Waals surface area contributed by atoms with Gasteiger partial charge in [0.15, 0.2) is 11.5 Å². The lowest BCUT2D eigenvalue weighted by atomic mass is 10.3. The van der Waals surface area contributed by atoms with E-state index in [9.17, 15) is 0 Å². The van der Waals surface area contributed by atoms with Gasteiger partial charge in [-0.05, 0) is 12.1 Å². The van der Waals surface area contributed by atoms with E-state index in [-0.39, 0.29) is 13.4 Å². The molecule has 0 saturated heterocycles. The molecular formula is C11H11N3O4. The van der Waals surface area contributed by atoms with E-state index in [2.05, 4.69) is 15.5 Å². The number of hydrogen-bond donors (Lipinski definition) is 1. The molecule has 0 unspecified atom stereocenters. The van der Waals surface area contributed by atoms with Gasteiger partial charge in [0, 0.05) is 18.9 Å². The lowest BCUT2D eigenvalue weighted by molar-refractivity contribution is 0.160. The molecule has 1 aromatic carbocycles. The molecule has 0 fully saturated rings. The minimum atomic E-state index is 0.247. The number of nitrogens with one attached hydrogen (secondary N) is 1. The van der Waals surface area contributed by atoms with Crippen molar-refractivity contribution in [2.24, 2.45) is 0 Å². The molecule has 94 valence electrons. The maximum Gasteiger partial charge on any atom is 0.320 e. The zero-order valence-corrected chi connectivity index (χ0v) is 9.67. The summed E-state index contributed by atoms with van der Waals surface area (Å²) in [7, 11) is 1.56. The highest BCUT2D eigenvalue weighted by Crippen LogP contribution is 2.34. The second kappa shape index (κ2) is 4.53. The lowest BCUT2D eigenvalue weighted by Crippen LogP contribution is -1.93. The van der Waals surface area contributed by atoms with Crippen LogP contribution < -0.4 is 14.8 Å². The fourth-order valence-electron chi connectivity index (χ4n) is 1.58. The van der Waals surface area contributed by atoms with Crippen molar-refractivity contribution in [1.29, 1.82) is 0 Å². The normalized spacial score (nSPS) is 12.7. The first kappa shape index (κ1) is 10.8. The van der Waals surface area contributed by atoms with Crippen LogP contribution >= 0.6 is 0 Å². The van der Waals surface area contributed by atoms with Crippen LogP contribution in [0.2, 0.25) is 0 Å². The number of ether oxygens (including phenoxy) is 3. The molecule has 1 aromatic heterocycles. The van der Waals surface area contributed by atoms with Crippen molar-refractivity contribution in [1.82, 2.24) is 10.2 Å². The highest BCUT2D eigenvalue weighted by Gasteiger charge is 2.14. The molecule has 0 atom stereocenters.